The minimum atomic E-state index is -1.22. The number of aldehydes is 1. The Hall–Kier alpha value is -4.46. The van der Waals surface area contributed by atoms with Gasteiger partial charge < -0.3 is 15.6 Å². The van der Waals surface area contributed by atoms with Gasteiger partial charge in [0.2, 0.25) is 5.78 Å². The number of hydrogen-bond acceptors (Lipinski definition) is 6. The molecule has 4 rings (SSSR count). The molecule has 0 fully saturated rings. The predicted molar refractivity (Wildman–Crippen MR) is 132 cm³/mol. The number of ketones is 1. The number of carboxylic acids is 1. The van der Waals surface area contributed by atoms with E-state index in [0.717, 1.165) is 27.9 Å². The molecule has 8 nitrogen and oxygen atoms in total. The van der Waals surface area contributed by atoms with Gasteiger partial charge >= 0.3 is 5.97 Å². The van der Waals surface area contributed by atoms with Crippen molar-refractivity contribution in [1.82, 2.24) is 9.61 Å². The summed E-state index contributed by atoms with van der Waals surface area (Å²) in [5.74, 6) is -2.13. The Morgan fingerprint density at radius 1 is 1.11 bits per heavy atom. The molecule has 178 valence electrons. The van der Waals surface area contributed by atoms with Crippen LogP contribution in [0.3, 0.4) is 0 Å². The number of rotatable bonds is 9. The highest BCUT2D eigenvalue weighted by Gasteiger charge is 2.27. The van der Waals surface area contributed by atoms with E-state index >= 15 is 0 Å². The van der Waals surface area contributed by atoms with Crippen LogP contribution in [0.2, 0.25) is 0 Å². The molecule has 0 saturated carbocycles. The van der Waals surface area contributed by atoms with Crippen LogP contribution >= 0.6 is 0 Å². The Morgan fingerprint density at radius 2 is 1.80 bits per heavy atom. The number of nitrogens with two attached hydrogens (primary N) is 1. The predicted octanol–water partition coefficient (Wildman–Crippen LogP) is 3.89. The van der Waals surface area contributed by atoms with Crippen molar-refractivity contribution in [1.29, 1.82) is 0 Å². The largest absolute Gasteiger partial charge is 0.479 e. The van der Waals surface area contributed by atoms with E-state index < -0.39 is 18.4 Å². The summed E-state index contributed by atoms with van der Waals surface area (Å²) in [5.41, 5.74) is 12.1. The van der Waals surface area contributed by atoms with Crippen LogP contribution in [0.25, 0.3) is 16.6 Å². The van der Waals surface area contributed by atoms with Crippen LogP contribution in [0.4, 0.5) is 5.69 Å². The molecule has 2 heterocycles. The van der Waals surface area contributed by atoms with E-state index in [0.29, 0.717) is 18.5 Å². The van der Waals surface area contributed by atoms with E-state index in [9.17, 15) is 19.5 Å². The van der Waals surface area contributed by atoms with Crippen LogP contribution in [0, 0.1) is 6.92 Å². The summed E-state index contributed by atoms with van der Waals surface area (Å²) in [6.45, 7) is 2.84. The number of benzene rings is 2. The fourth-order valence-electron chi connectivity index (χ4n) is 4.44. The van der Waals surface area contributed by atoms with Gasteiger partial charge in [-0.3, -0.25) is 9.59 Å². The average molecular weight is 472 g/mol. The molecule has 0 spiro atoms. The summed E-state index contributed by atoms with van der Waals surface area (Å²) in [5, 5.41) is 13.8. The first-order valence-corrected chi connectivity index (χ1v) is 11.2. The zero-order valence-electron chi connectivity index (χ0n) is 19.4. The van der Waals surface area contributed by atoms with Gasteiger partial charge in [0.05, 0.1) is 22.6 Å². The van der Waals surface area contributed by atoms with Crippen LogP contribution < -0.4 is 10.5 Å². The van der Waals surface area contributed by atoms with Gasteiger partial charge in [0.15, 0.2) is 18.6 Å². The fourth-order valence-corrected chi connectivity index (χ4v) is 4.44. The summed E-state index contributed by atoms with van der Waals surface area (Å²) in [6, 6.07) is 18.1. The minimum Gasteiger partial charge on any atom is -0.479 e. The molecule has 0 unspecified atom stereocenters. The second-order valence-corrected chi connectivity index (χ2v) is 8.11. The molecular formula is C27H25N3O5. The van der Waals surface area contributed by atoms with Crippen molar-refractivity contribution in [2.75, 3.05) is 12.3 Å². The van der Waals surface area contributed by atoms with E-state index in [1.54, 1.807) is 11.4 Å². The fraction of sp³-hybridized carbons (Fsp3) is 0.185. The lowest BCUT2D eigenvalue weighted by atomic mass is 9.95. The number of nitrogen functional groups attached to an aromatic ring is 1. The molecule has 0 saturated heterocycles. The molecule has 8 heteroatoms. The third kappa shape index (κ3) is 4.38. The van der Waals surface area contributed by atoms with E-state index in [4.69, 9.17) is 10.5 Å². The molecule has 0 radical (unpaired) electrons. The smallest absolute Gasteiger partial charge is 0.341 e. The van der Waals surface area contributed by atoms with E-state index in [1.165, 1.54) is 0 Å². The zero-order valence-corrected chi connectivity index (χ0v) is 19.4. The van der Waals surface area contributed by atoms with Gasteiger partial charge in [0.1, 0.15) is 5.52 Å². The third-order valence-corrected chi connectivity index (χ3v) is 5.96. The molecular weight excluding hydrogens is 446 g/mol. The van der Waals surface area contributed by atoms with Crippen molar-refractivity contribution >= 4 is 29.2 Å². The van der Waals surface area contributed by atoms with Crippen molar-refractivity contribution in [3.05, 3.63) is 82.7 Å². The van der Waals surface area contributed by atoms with Gasteiger partial charge in [-0.05, 0) is 35.6 Å². The number of aliphatic carboxylic acids is 1. The molecule has 0 aliphatic rings. The Bertz CT molecular complexity index is 1440. The first-order chi connectivity index (χ1) is 16.9. The SMILES string of the molecule is CCc1c(N)c2c(OCC(=O)O)c(C(=O)C=O)c(C)nn2c1Cc1ccccc1-c1ccccc1. The Labute approximate surface area is 202 Å². The molecule has 0 aliphatic carbocycles. The number of fused-ring (bicyclic) bond motifs is 1. The summed E-state index contributed by atoms with van der Waals surface area (Å²) >= 11 is 0. The lowest BCUT2D eigenvalue weighted by Gasteiger charge is -2.14. The van der Waals surface area contributed by atoms with Gasteiger partial charge in [-0.2, -0.15) is 5.10 Å². The molecule has 0 bridgehead atoms. The second-order valence-electron chi connectivity index (χ2n) is 8.11. The number of carbonyl (C=O) groups excluding carboxylic acids is 2. The molecule has 0 amide bonds. The van der Waals surface area contributed by atoms with Crippen LogP contribution in [0.5, 0.6) is 5.75 Å². The van der Waals surface area contributed by atoms with Gasteiger partial charge in [0.25, 0.3) is 0 Å². The van der Waals surface area contributed by atoms with Gasteiger partial charge in [-0.15, -0.1) is 0 Å². The number of hydrogen-bond donors (Lipinski definition) is 2. The van der Waals surface area contributed by atoms with Crippen LogP contribution in [0.15, 0.2) is 54.6 Å². The summed E-state index contributed by atoms with van der Waals surface area (Å²) in [6.07, 6.45) is 1.22. The quantitative estimate of drug-likeness (QED) is 0.216. The van der Waals surface area contributed by atoms with Crippen molar-refractivity contribution in [2.24, 2.45) is 0 Å². The molecule has 0 aliphatic heterocycles. The highest BCUT2D eigenvalue weighted by molar-refractivity contribution is 6.35. The minimum absolute atomic E-state index is 0.0493. The maximum Gasteiger partial charge on any atom is 0.341 e. The third-order valence-electron chi connectivity index (χ3n) is 5.96. The molecule has 0 atom stereocenters. The maximum absolute atomic E-state index is 12.4. The molecule has 3 N–H and O–H groups in total. The number of nitrogens with zero attached hydrogens (tertiary/aromatic N) is 2. The summed E-state index contributed by atoms with van der Waals surface area (Å²) in [4.78, 5) is 35.0. The van der Waals surface area contributed by atoms with E-state index in [1.807, 2.05) is 55.5 Å². The summed E-state index contributed by atoms with van der Waals surface area (Å²) in [7, 11) is 0. The van der Waals surface area contributed by atoms with Gasteiger partial charge in [0, 0.05) is 6.42 Å². The highest BCUT2D eigenvalue weighted by Crippen LogP contribution is 2.38. The molecule has 35 heavy (non-hydrogen) atoms. The Morgan fingerprint density at radius 3 is 2.46 bits per heavy atom. The summed E-state index contributed by atoms with van der Waals surface area (Å²) < 4.78 is 7.15. The van der Waals surface area contributed by atoms with E-state index in [2.05, 4.69) is 11.2 Å². The van der Waals surface area contributed by atoms with Crippen LogP contribution in [0.1, 0.15) is 39.8 Å². The molecule has 2 aromatic carbocycles. The standard InChI is InChI=1S/C27H25N3O5/c1-3-19-21(13-18-11-7-8-12-20(18)17-9-5-4-6-10-17)30-26(25(19)28)27(35-15-23(33)34)24(16(2)29-30)22(32)14-31/h4-12,14H,3,13,15,28H2,1-2H3,(H,33,34). The lowest BCUT2D eigenvalue weighted by molar-refractivity contribution is -0.139. The topological polar surface area (TPSA) is 124 Å². The number of ether oxygens (including phenoxy) is 1. The van der Waals surface area contributed by atoms with Crippen LogP contribution in [-0.4, -0.2) is 39.4 Å². The number of carbonyl (C=O) groups is 3. The molecule has 4 aromatic rings. The molecule has 2 aromatic heterocycles. The van der Waals surface area contributed by atoms with Crippen molar-refractivity contribution in [2.45, 2.75) is 26.7 Å². The van der Waals surface area contributed by atoms with Gasteiger partial charge in [-0.1, -0.05) is 61.5 Å². The normalized spacial score (nSPS) is 10.9. The number of aromatic nitrogens is 2. The lowest BCUT2D eigenvalue weighted by Crippen LogP contribution is -2.16. The van der Waals surface area contributed by atoms with Crippen LogP contribution in [-0.2, 0) is 22.4 Å². The first kappa shape index (κ1) is 23.7. The maximum atomic E-state index is 12.4. The number of carboxylic acid groups (broad SMARTS) is 1. The van der Waals surface area contributed by atoms with Crippen molar-refractivity contribution in [3.8, 4) is 16.9 Å². The zero-order chi connectivity index (χ0) is 25.1. The number of anilines is 1. The van der Waals surface area contributed by atoms with Crippen molar-refractivity contribution < 1.29 is 24.2 Å². The first-order valence-electron chi connectivity index (χ1n) is 11.2. The van der Waals surface area contributed by atoms with Gasteiger partial charge in [-0.25, -0.2) is 9.31 Å². The Kier molecular flexibility index (Phi) is 6.64. The van der Waals surface area contributed by atoms with Crippen molar-refractivity contribution in [3.63, 3.8) is 0 Å². The van der Waals surface area contributed by atoms with E-state index in [-0.39, 0.29) is 28.8 Å². The number of aryl methyl sites for hydroxylation is 1. The highest BCUT2D eigenvalue weighted by atomic mass is 16.5. The Balaban J connectivity index is 1.97. The number of Topliss-reactive ketones (excluding diaryl/α,β-unsaturated/α-hetero) is 1. The average Bonchev–Trinajstić information content (AvgIpc) is 3.12. The second kappa shape index (κ2) is 9.80. The monoisotopic (exact) mass is 471 g/mol.